The Morgan fingerprint density at radius 2 is 1.72 bits per heavy atom. The van der Waals surface area contributed by atoms with E-state index in [0.717, 1.165) is 31.5 Å². The van der Waals surface area contributed by atoms with E-state index < -0.39 is 0 Å². The van der Waals surface area contributed by atoms with E-state index in [1.807, 2.05) is 41.3 Å². The number of nitrogens with zero attached hydrogens (tertiary/aromatic N) is 4. The van der Waals surface area contributed by atoms with Crippen molar-refractivity contribution in [3.63, 3.8) is 0 Å². The van der Waals surface area contributed by atoms with Gasteiger partial charge in [0.15, 0.2) is 0 Å². The molecule has 1 saturated carbocycles. The van der Waals surface area contributed by atoms with Crippen molar-refractivity contribution >= 4 is 5.91 Å². The maximum atomic E-state index is 12.9. The summed E-state index contributed by atoms with van der Waals surface area (Å²) in [5.41, 5.74) is 2.18. The van der Waals surface area contributed by atoms with Gasteiger partial charge in [-0.15, -0.1) is 0 Å². The van der Waals surface area contributed by atoms with E-state index >= 15 is 0 Å². The molecule has 148 valence electrons. The molecule has 6 heteroatoms. The Morgan fingerprint density at radius 3 is 2.45 bits per heavy atom. The van der Waals surface area contributed by atoms with E-state index in [4.69, 9.17) is 4.52 Å². The van der Waals surface area contributed by atoms with Crippen LogP contribution in [0.4, 0.5) is 0 Å². The number of hydrogen-bond acceptors (Lipinski definition) is 5. The van der Waals surface area contributed by atoms with Crippen molar-refractivity contribution in [2.75, 3.05) is 19.6 Å². The highest BCUT2D eigenvalue weighted by molar-refractivity contribution is 5.81. The van der Waals surface area contributed by atoms with Crippen LogP contribution in [0.25, 0.3) is 11.4 Å². The summed E-state index contributed by atoms with van der Waals surface area (Å²) in [7, 11) is 0. The van der Waals surface area contributed by atoms with Gasteiger partial charge in [0.2, 0.25) is 11.7 Å². The summed E-state index contributed by atoms with van der Waals surface area (Å²) in [6.07, 6.45) is 1.99. The second-order valence-corrected chi connectivity index (χ2v) is 7.86. The van der Waals surface area contributed by atoms with E-state index in [0.29, 0.717) is 24.8 Å². The molecule has 1 atom stereocenters. The molecule has 2 aliphatic rings. The van der Waals surface area contributed by atoms with Crippen LogP contribution in [-0.4, -0.2) is 45.5 Å². The van der Waals surface area contributed by atoms with Crippen molar-refractivity contribution in [3.05, 3.63) is 72.1 Å². The first-order valence-electron chi connectivity index (χ1n) is 10.2. The Bertz CT molecular complexity index is 969. The van der Waals surface area contributed by atoms with Crippen LogP contribution in [0.1, 0.15) is 30.3 Å². The number of carbonyl (C=O) groups excluding carboxylic acids is 1. The Balaban J connectivity index is 1.39. The lowest BCUT2D eigenvalue weighted by Crippen LogP contribution is -2.50. The number of piperazine rings is 1. The molecule has 2 aromatic carbocycles. The van der Waals surface area contributed by atoms with Gasteiger partial charge >= 0.3 is 0 Å². The largest absolute Gasteiger partial charge is 0.337 e. The molecule has 29 heavy (non-hydrogen) atoms. The molecule has 0 spiro atoms. The summed E-state index contributed by atoms with van der Waals surface area (Å²) in [5.74, 6) is 1.50. The van der Waals surface area contributed by atoms with Gasteiger partial charge < -0.3 is 9.42 Å². The van der Waals surface area contributed by atoms with Crippen LogP contribution in [0.15, 0.2) is 65.2 Å². The third-order valence-electron chi connectivity index (χ3n) is 5.68. The number of hydrogen-bond donors (Lipinski definition) is 0. The molecule has 0 N–H and O–H groups in total. The lowest BCUT2D eigenvalue weighted by atomic mass is 10.1. The monoisotopic (exact) mass is 388 g/mol. The molecule has 1 unspecified atom stereocenters. The van der Waals surface area contributed by atoms with Gasteiger partial charge in [-0.2, -0.15) is 4.98 Å². The molecule has 0 radical (unpaired) electrons. The lowest BCUT2D eigenvalue weighted by Gasteiger charge is -2.40. The van der Waals surface area contributed by atoms with Crippen LogP contribution in [0.2, 0.25) is 0 Å². The highest BCUT2D eigenvalue weighted by atomic mass is 16.5. The molecule has 1 aliphatic heterocycles. The molecule has 3 aromatic rings. The Hall–Kier alpha value is -2.99. The van der Waals surface area contributed by atoms with Gasteiger partial charge in [-0.05, 0) is 18.4 Å². The van der Waals surface area contributed by atoms with Crippen LogP contribution in [0, 0.1) is 5.92 Å². The fourth-order valence-electron chi connectivity index (χ4n) is 3.94. The van der Waals surface area contributed by atoms with Crippen molar-refractivity contribution in [1.82, 2.24) is 19.9 Å². The van der Waals surface area contributed by atoms with E-state index in [9.17, 15) is 4.79 Å². The second kappa shape index (κ2) is 7.79. The Labute approximate surface area is 170 Å². The van der Waals surface area contributed by atoms with Crippen LogP contribution < -0.4 is 0 Å². The average molecular weight is 388 g/mol. The fourth-order valence-corrected chi connectivity index (χ4v) is 3.94. The van der Waals surface area contributed by atoms with Crippen molar-refractivity contribution in [1.29, 1.82) is 0 Å². The molecule has 1 saturated heterocycles. The van der Waals surface area contributed by atoms with Gasteiger partial charge in [0.25, 0.3) is 5.89 Å². The summed E-state index contributed by atoms with van der Waals surface area (Å²) >= 11 is 0. The van der Waals surface area contributed by atoms with Crippen LogP contribution in [0.3, 0.4) is 0 Å². The summed E-state index contributed by atoms with van der Waals surface area (Å²) in [4.78, 5) is 21.9. The van der Waals surface area contributed by atoms with Crippen molar-refractivity contribution in [2.24, 2.45) is 5.92 Å². The van der Waals surface area contributed by atoms with E-state index in [-0.39, 0.29) is 17.9 Å². The zero-order chi connectivity index (χ0) is 19.6. The lowest BCUT2D eigenvalue weighted by molar-refractivity contribution is -0.138. The topological polar surface area (TPSA) is 62.5 Å². The van der Waals surface area contributed by atoms with Crippen molar-refractivity contribution in [2.45, 2.75) is 25.4 Å². The molecule has 2 fully saturated rings. The average Bonchev–Trinajstić information content (AvgIpc) is 3.51. The molecule has 5 rings (SSSR count). The van der Waals surface area contributed by atoms with E-state index in [1.54, 1.807) is 0 Å². The molecule has 6 nitrogen and oxygen atoms in total. The number of amides is 1. The van der Waals surface area contributed by atoms with Crippen LogP contribution in [-0.2, 0) is 11.3 Å². The SMILES string of the molecule is O=C(C1CC1)N1CCN(Cc2ccccc2)CC1c1nc(-c2ccccc2)no1. The standard InChI is InChI=1S/C23H24N4O2/c28-23(19-11-12-19)27-14-13-26(15-17-7-3-1-4-8-17)16-20(27)22-24-21(25-29-22)18-9-5-2-6-10-18/h1-10,19-20H,11-16H2. The van der Waals surface area contributed by atoms with Gasteiger partial charge in [-0.1, -0.05) is 65.8 Å². The number of benzene rings is 2. The zero-order valence-electron chi connectivity index (χ0n) is 16.3. The third kappa shape index (κ3) is 3.93. The first kappa shape index (κ1) is 18.1. The van der Waals surface area contributed by atoms with E-state index in [1.165, 1.54) is 5.56 Å². The minimum atomic E-state index is -0.203. The highest BCUT2D eigenvalue weighted by Gasteiger charge is 2.41. The van der Waals surface area contributed by atoms with Gasteiger partial charge in [0.1, 0.15) is 6.04 Å². The number of carbonyl (C=O) groups is 1. The minimum Gasteiger partial charge on any atom is -0.337 e. The predicted molar refractivity (Wildman–Crippen MR) is 109 cm³/mol. The highest BCUT2D eigenvalue weighted by Crippen LogP contribution is 2.36. The molecule has 1 aliphatic carbocycles. The van der Waals surface area contributed by atoms with Gasteiger partial charge in [0, 0.05) is 37.7 Å². The molecular weight excluding hydrogens is 364 g/mol. The van der Waals surface area contributed by atoms with Crippen molar-refractivity contribution < 1.29 is 9.32 Å². The first-order chi connectivity index (χ1) is 14.3. The molecule has 0 bridgehead atoms. The second-order valence-electron chi connectivity index (χ2n) is 7.86. The molecule has 2 heterocycles. The quantitative estimate of drug-likeness (QED) is 0.669. The fraction of sp³-hybridized carbons (Fsp3) is 0.348. The summed E-state index contributed by atoms with van der Waals surface area (Å²) in [5, 5.41) is 4.18. The molecule has 1 amide bonds. The smallest absolute Gasteiger partial charge is 0.251 e. The maximum absolute atomic E-state index is 12.9. The zero-order valence-corrected chi connectivity index (χ0v) is 16.3. The third-order valence-corrected chi connectivity index (χ3v) is 5.68. The summed E-state index contributed by atoms with van der Waals surface area (Å²) in [6.45, 7) is 3.09. The van der Waals surface area contributed by atoms with Crippen LogP contribution in [0.5, 0.6) is 0 Å². The normalized spacial score (nSPS) is 20.0. The van der Waals surface area contributed by atoms with Gasteiger partial charge in [-0.25, -0.2) is 0 Å². The van der Waals surface area contributed by atoms with E-state index in [2.05, 4.69) is 39.3 Å². The van der Waals surface area contributed by atoms with Crippen molar-refractivity contribution in [3.8, 4) is 11.4 Å². The Morgan fingerprint density at radius 1 is 1.00 bits per heavy atom. The first-order valence-corrected chi connectivity index (χ1v) is 10.2. The Kier molecular flexibility index (Phi) is 4.86. The maximum Gasteiger partial charge on any atom is 0.251 e. The number of rotatable bonds is 5. The summed E-state index contributed by atoms with van der Waals surface area (Å²) in [6, 6.07) is 20.0. The van der Waals surface area contributed by atoms with Crippen LogP contribution >= 0.6 is 0 Å². The van der Waals surface area contributed by atoms with Gasteiger partial charge in [0.05, 0.1) is 0 Å². The summed E-state index contributed by atoms with van der Waals surface area (Å²) < 4.78 is 5.66. The number of aromatic nitrogens is 2. The van der Waals surface area contributed by atoms with Gasteiger partial charge in [-0.3, -0.25) is 9.69 Å². The molecule has 1 aromatic heterocycles. The molecular formula is C23H24N4O2. The minimum absolute atomic E-state index is 0.176. The predicted octanol–water partition coefficient (Wildman–Crippen LogP) is 3.53.